The Morgan fingerprint density at radius 3 is 2.69 bits per heavy atom. The number of rotatable bonds is 6. The van der Waals surface area contributed by atoms with Gasteiger partial charge in [-0.1, -0.05) is 5.11 Å². The van der Waals surface area contributed by atoms with Crippen molar-refractivity contribution in [3.63, 3.8) is 0 Å². The fourth-order valence-corrected chi connectivity index (χ4v) is 0.872. The number of aliphatic hydroxyl groups is 2. The Morgan fingerprint density at radius 2 is 2.15 bits per heavy atom. The van der Waals surface area contributed by atoms with Gasteiger partial charge in [0, 0.05) is 17.9 Å². The van der Waals surface area contributed by atoms with Crippen LogP contribution in [-0.4, -0.2) is 29.0 Å². The van der Waals surface area contributed by atoms with Gasteiger partial charge >= 0.3 is 0 Å². The first-order chi connectivity index (χ1) is 6.20. The van der Waals surface area contributed by atoms with Gasteiger partial charge in [0.1, 0.15) is 0 Å². The summed E-state index contributed by atoms with van der Waals surface area (Å²) in [7, 11) is 0. The number of hydrogen-bond donors (Lipinski definition) is 2. The normalized spacial score (nSPS) is 13.9. The number of nitriles is 1. The lowest BCUT2D eigenvalue weighted by Crippen LogP contribution is -2.17. The minimum atomic E-state index is -0.800. The third-order valence-electron chi connectivity index (χ3n) is 1.50. The zero-order chi connectivity index (χ0) is 10.1. The molecule has 0 aliphatic rings. The van der Waals surface area contributed by atoms with E-state index in [9.17, 15) is 5.11 Å². The Kier molecular flexibility index (Phi) is 6.65. The molecule has 0 unspecified atom stereocenters. The predicted octanol–water partition coefficient (Wildman–Crippen LogP) is 0.712. The van der Waals surface area contributed by atoms with Gasteiger partial charge < -0.3 is 10.2 Å². The third-order valence-corrected chi connectivity index (χ3v) is 1.50. The summed E-state index contributed by atoms with van der Waals surface area (Å²) in [6.45, 7) is 0.205. The van der Waals surface area contributed by atoms with Crippen molar-refractivity contribution in [3.8, 4) is 6.07 Å². The maximum atomic E-state index is 9.22. The molecule has 0 amide bonds. The van der Waals surface area contributed by atoms with Gasteiger partial charge in [-0.15, -0.1) is 0 Å². The highest BCUT2D eigenvalue weighted by Crippen LogP contribution is 2.05. The number of azide groups is 1. The van der Waals surface area contributed by atoms with E-state index in [1.54, 1.807) is 6.07 Å². The molecule has 0 radical (unpaired) electrons. The smallest absolute Gasteiger partial charge is 0.0694 e. The molecule has 0 aliphatic heterocycles. The summed E-state index contributed by atoms with van der Waals surface area (Å²) in [5.74, 6) is 0. The van der Waals surface area contributed by atoms with Gasteiger partial charge in [-0.3, -0.25) is 0 Å². The van der Waals surface area contributed by atoms with Gasteiger partial charge in [-0.2, -0.15) is 5.26 Å². The monoisotopic (exact) mass is 184 g/mol. The maximum Gasteiger partial charge on any atom is 0.0694 e. The highest BCUT2D eigenvalue weighted by molar-refractivity contribution is 4.77. The van der Waals surface area contributed by atoms with E-state index in [1.165, 1.54) is 0 Å². The second kappa shape index (κ2) is 7.37. The summed E-state index contributed by atoms with van der Waals surface area (Å²) < 4.78 is 0. The summed E-state index contributed by atoms with van der Waals surface area (Å²) >= 11 is 0. The SMILES string of the molecule is N#CC[C@H](O)C[C@H](O)CCN=[N+]=[N-]. The molecule has 6 nitrogen and oxygen atoms in total. The largest absolute Gasteiger partial charge is 0.393 e. The van der Waals surface area contributed by atoms with Crippen molar-refractivity contribution in [1.82, 2.24) is 0 Å². The molecule has 0 fully saturated rings. The van der Waals surface area contributed by atoms with E-state index in [0.717, 1.165) is 0 Å². The molecular weight excluding hydrogens is 172 g/mol. The second-order valence-corrected chi connectivity index (χ2v) is 2.65. The Labute approximate surface area is 76.0 Å². The minimum absolute atomic E-state index is 0.0125. The van der Waals surface area contributed by atoms with Crippen molar-refractivity contribution in [3.05, 3.63) is 10.4 Å². The molecule has 0 rings (SSSR count). The molecule has 72 valence electrons. The first-order valence-corrected chi connectivity index (χ1v) is 3.94. The van der Waals surface area contributed by atoms with Gasteiger partial charge in [0.2, 0.25) is 0 Å². The molecule has 0 aromatic carbocycles. The van der Waals surface area contributed by atoms with Crippen molar-refractivity contribution >= 4 is 0 Å². The molecule has 0 aromatic rings. The molecule has 2 N–H and O–H groups in total. The fourth-order valence-electron chi connectivity index (χ4n) is 0.872. The molecule has 0 heterocycles. The Hall–Kier alpha value is -1.28. The highest BCUT2D eigenvalue weighted by Gasteiger charge is 2.10. The molecular formula is C7H12N4O2. The number of hydrogen-bond acceptors (Lipinski definition) is 4. The van der Waals surface area contributed by atoms with Gasteiger partial charge in [0.15, 0.2) is 0 Å². The van der Waals surface area contributed by atoms with Crippen LogP contribution in [0.1, 0.15) is 19.3 Å². The zero-order valence-corrected chi connectivity index (χ0v) is 7.17. The van der Waals surface area contributed by atoms with Gasteiger partial charge in [0.05, 0.1) is 24.7 Å². The van der Waals surface area contributed by atoms with Crippen LogP contribution >= 0.6 is 0 Å². The van der Waals surface area contributed by atoms with E-state index in [-0.39, 0.29) is 19.4 Å². The Morgan fingerprint density at radius 1 is 1.46 bits per heavy atom. The van der Waals surface area contributed by atoms with Crippen LogP contribution < -0.4 is 0 Å². The quantitative estimate of drug-likeness (QED) is 0.360. The lowest BCUT2D eigenvalue weighted by atomic mass is 10.1. The summed E-state index contributed by atoms with van der Waals surface area (Å²) in [6, 6.07) is 1.80. The fraction of sp³-hybridized carbons (Fsp3) is 0.857. The van der Waals surface area contributed by atoms with Crippen molar-refractivity contribution in [2.45, 2.75) is 31.5 Å². The summed E-state index contributed by atoms with van der Waals surface area (Å²) in [4.78, 5) is 2.52. The summed E-state index contributed by atoms with van der Waals surface area (Å²) in [5.41, 5.74) is 7.93. The van der Waals surface area contributed by atoms with E-state index in [1.807, 2.05) is 0 Å². The molecule has 0 aromatic heterocycles. The third kappa shape index (κ3) is 7.09. The second-order valence-electron chi connectivity index (χ2n) is 2.65. The molecule has 0 spiro atoms. The first-order valence-electron chi connectivity index (χ1n) is 3.94. The molecule has 13 heavy (non-hydrogen) atoms. The van der Waals surface area contributed by atoms with Gasteiger partial charge in [0.25, 0.3) is 0 Å². The zero-order valence-electron chi connectivity index (χ0n) is 7.17. The van der Waals surface area contributed by atoms with Crippen LogP contribution in [0.15, 0.2) is 5.11 Å². The molecule has 0 aliphatic carbocycles. The summed E-state index contributed by atoms with van der Waals surface area (Å²) in [5, 5.41) is 29.8. The van der Waals surface area contributed by atoms with E-state index < -0.39 is 12.2 Å². The van der Waals surface area contributed by atoms with Crippen molar-refractivity contribution < 1.29 is 10.2 Å². The van der Waals surface area contributed by atoms with Crippen LogP contribution in [0.4, 0.5) is 0 Å². The number of nitrogens with zero attached hydrogens (tertiary/aromatic N) is 4. The minimum Gasteiger partial charge on any atom is -0.393 e. The van der Waals surface area contributed by atoms with Crippen LogP contribution in [0.3, 0.4) is 0 Å². The summed E-state index contributed by atoms with van der Waals surface area (Å²) in [6.07, 6.45) is -1.04. The molecule has 6 heteroatoms. The Balaban J connectivity index is 3.55. The van der Waals surface area contributed by atoms with Gasteiger partial charge in [-0.05, 0) is 12.0 Å². The average Bonchev–Trinajstić information content (AvgIpc) is 2.05. The lowest BCUT2D eigenvalue weighted by molar-refractivity contribution is 0.0796. The highest BCUT2D eigenvalue weighted by atomic mass is 16.3. The van der Waals surface area contributed by atoms with E-state index in [4.69, 9.17) is 15.9 Å². The lowest BCUT2D eigenvalue weighted by Gasteiger charge is -2.11. The van der Waals surface area contributed by atoms with Crippen molar-refractivity contribution in [1.29, 1.82) is 5.26 Å². The van der Waals surface area contributed by atoms with Crippen molar-refractivity contribution in [2.75, 3.05) is 6.54 Å². The predicted molar refractivity (Wildman–Crippen MR) is 45.5 cm³/mol. The van der Waals surface area contributed by atoms with Gasteiger partial charge in [-0.25, -0.2) is 0 Å². The average molecular weight is 184 g/mol. The van der Waals surface area contributed by atoms with E-state index in [2.05, 4.69) is 10.0 Å². The molecule has 0 saturated carbocycles. The van der Waals surface area contributed by atoms with E-state index >= 15 is 0 Å². The maximum absolute atomic E-state index is 9.22. The Bertz CT molecular complexity index is 219. The van der Waals surface area contributed by atoms with Crippen LogP contribution in [0.5, 0.6) is 0 Å². The van der Waals surface area contributed by atoms with Crippen LogP contribution in [0.2, 0.25) is 0 Å². The van der Waals surface area contributed by atoms with Crippen LogP contribution in [0, 0.1) is 11.3 Å². The first kappa shape index (κ1) is 11.7. The number of aliphatic hydroxyl groups excluding tert-OH is 2. The standard InChI is InChI=1S/C7H12N4O2/c8-3-1-6(12)5-7(13)2-4-10-11-9/h6-7,12-13H,1-2,4-5H2/t6-,7+/m0/s1. The topological polar surface area (TPSA) is 113 Å². The van der Waals surface area contributed by atoms with Crippen LogP contribution in [-0.2, 0) is 0 Å². The van der Waals surface area contributed by atoms with E-state index in [0.29, 0.717) is 6.42 Å². The van der Waals surface area contributed by atoms with Crippen molar-refractivity contribution in [2.24, 2.45) is 5.11 Å². The molecule has 0 bridgehead atoms. The molecule has 0 saturated heterocycles. The van der Waals surface area contributed by atoms with Crippen LogP contribution in [0.25, 0.3) is 10.4 Å². The molecule has 2 atom stereocenters.